The molecule has 2 nitrogen and oxygen atoms in total. The van der Waals surface area contributed by atoms with Crippen LogP contribution in [0.4, 0.5) is 0 Å². The minimum atomic E-state index is 0.686. The summed E-state index contributed by atoms with van der Waals surface area (Å²) >= 11 is 0. The minimum absolute atomic E-state index is 0.686. The van der Waals surface area contributed by atoms with Crippen LogP contribution in [0.25, 0.3) is 0 Å². The number of hydrogen-bond acceptors (Lipinski definition) is 2. The van der Waals surface area contributed by atoms with Crippen LogP contribution in [0.2, 0.25) is 0 Å². The van der Waals surface area contributed by atoms with Crippen LogP contribution in [0.15, 0.2) is 0 Å². The van der Waals surface area contributed by atoms with Crippen LogP contribution in [-0.4, -0.2) is 25.2 Å². The Kier molecular flexibility index (Phi) is 10.5. The second kappa shape index (κ2) is 11.7. The van der Waals surface area contributed by atoms with Gasteiger partial charge in [0, 0.05) is 25.2 Å². The molecule has 2 N–H and O–H groups in total. The first kappa shape index (κ1) is 17.0. The molecule has 0 amide bonds. The smallest absolute Gasteiger partial charge is 0.00794 e. The van der Waals surface area contributed by atoms with Gasteiger partial charge >= 0.3 is 0 Å². The molecule has 0 bridgehead atoms. The van der Waals surface area contributed by atoms with Crippen molar-refractivity contribution in [1.29, 1.82) is 0 Å². The van der Waals surface area contributed by atoms with Gasteiger partial charge in [0.2, 0.25) is 0 Å². The van der Waals surface area contributed by atoms with Crippen LogP contribution >= 0.6 is 0 Å². The molecule has 0 aliphatic heterocycles. The molecule has 1 saturated carbocycles. The summed E-state index contributed by atoms with van der Waals surface area (Å²) in [7, 11) is 0. The van der Waals surface area contributed by atoms with Crippen molar-refractivity contribution in [1.82, 2.24) is 10.6 Å². The van der Waals surface area contributed by atoms with Gasteiger partial charge in [-0.25, -0.2) is 0 Å². The molecule has 0 radical (unpaired) electrons. The van der Waals surface area contributed by atoms with Crippen molar-refractivity contribution in [3.05, 3.63) is 0 Å². The lowest BCUT2D eigenvalue weighted by molar-refractivity contribution is 0.382. The van der Waals surface area contributed by atoms with Gasteiger partial charge in [-0.15, -0.1) is 0 Å². The lowest BCUT2D eigenvalue weighted by Gasteiger charge is -2.22. The minimum Gasteiger partial charge on any atom is -0.313 e. The summed E-state index contributed by atoms with van der Waals surface area (Å²) in [6, 6.07) is 1.48. The second-order valence-electron chi connectivity index (χ2n) is 6.35. The van der Waals surface area contributed by atoms with Crippen LogP contribution in [0, 0.1) is 0 Å². The molecular weight excluding hydrogens is 232 g/mol. The van der Waals surface area contributed by atoms with Crippen molar-refractivity contribution < 1.29 is 0 Å². The third kappa shape index (κ3) is 9.45. The SMILES string of the molecule is CCCCCC(C)NCCNC1CCCCCCC1. The molecule has 0 saturated heterocycles. The molecule has 1 fully saturated rings. The highest BCUT2D eigenvalue weighted by molar-refractivity contribution is 4.71. The standard InChI is InChI=1S/C17H36N2/c1-3-4-8-11-16(2)18-14-15-19-17-12-9-6-5-7-10-13-17/h16-19H,3-15H2,1-2H3. The third-order valence-corrected chi connectivity index (χ3v) is 4.40. The van der Waals surface area contributed by atoms with Gasteiger partial charge in [-0.3, -0.25) is 0 Å². The summed E-state index contributed by atoms with van der Waals surface area (Å²) in [5.74, 6) is 0. The van der Waals surface area contributed by atoms with E-state index in [0.29, 0.717) is 6.04 Å². The molecule has 0 heterocycles. The highest BCUT2D eigenvalue weighted by Gasteiger charge is 2.10. The van der Waals surface area contributed by atoms with Crippen LogP contribution in [0.1, 0.15) is 84.5 Å². The van der Waals surface area contributed by atoms with Crippen molar-refractivity contribution in [3.63, 3.8) is 0 Å². The maximum Gasteiger partial charge on any atom is 0.00794 e. The topological polar surface area (TPSA) is 24.1 Å². The number of hydrogen-bond donors (Lipinski definition) is 2. The van der Waals surface area contributed by atoms with Gasteiger partial charge in [0.05, 0.1) is 0 Å². The van der Waals surface area contributed by atoms with E-state index in [4.69, 9.17) is 0 Å². The number of nitrogens with one attached hydrogen (secondary N) is 2. The van der Waals surface area contributed by atoms with E-state index in [0.717, 1.165) is 19.1 Å². The van der Waals surface area contributed by atoms with Gasteiger partial charge in [-0.05, 0) is 26.2 Å². The van der Waals surface area contributed by atoms with Crippen molar-refractivity contribution in [2.24, 2.45) is 0 Å². The summed E-state index contributed by atoms with van der Waals surface area (Å²) in [5.41, 5.74) is 0. The average Bonchev–Trinajstić information content (AvgIpc) is 2.36. The maximum atomic E-state index is 3.75. The molecule has 19 heavy (non-hydrogen) atoms. The van der Waals surface area contributed by atoms with Gasteiger partial charge in [-0.1, -0.05) is 58.3 Å². The largest absolute Gasteiger partial charge is 0.313 e. The third-order valence-electron chi connectivity index (χ3n) is 4.40. The predicted octanol–water partition coefficient (Wildman–Crippen LogP) is 4.25. The van der Waals surface area contributed by atoms with E-state index < -0.39 is 0 Å². The molecule has 0 aromatic carbocycles. The van der Waals surface area contributed by atoms with E-state index in [1.807, 2.05) is 0 Å². The lowest BCUT2D eigenvalue weighted by Crippen LogP contribution is -2.38. The molecule has 0 aromatic heterocycles. The number of unbranched alkanes of at least 4 members (excludes halogenated alkanes) is 2. The Bertz CT molecular complexity index is 186. The van der Waals surface area contributed by atoms with E-state index in [9.17, 15) is 0 Å². The van der Waals surface area contributed by atoms with E-state index in [1.54, 1.807) is 0 Å². The Morgan fingerprint density at radius 1 is 0.947 bits per heavy atom. The summed E-state index contributed by atoms with van der Waals surface area (Å²) < 4.78 is 0. The predicted molar refractivity (Wildman–Crippen MR) is 85.7 cm³/mol. The Balaban J connectivity index is 1.96. The second-order valence-corrected chi connectivity index (χ2v) is 6.35. The highest BCUT2D eigenvalue weighted by atomic mass is 15.0. The van der Waals surface area contributed by atoms with E-state index in [1.165, 1.54) is 70.6 Å². The fourth-order valence-electron chi connectivity index (χ4n) is 3.06. The van der Waals surface area contributed by atoms with Crippen LogP contribution in [-0.2, 0) is 0 Å². The van der Waals surface area contributed by atoms with Crippen LogP contribution in [0.5, 0.6) is 0 Å². The summed E-state index contributed by atoms with van der Waals surface area (Å²) in [4.78, 5) is 0. The van der Waals surface area contributed by atoms with Gasteiger partial charge in [0.25, 0.3) is 0 Å². The molecule has 1 atom stereocenters. The molecule has 1 aliphatic carbocycles. The zero-order valence-corrected chi connectivity index (χ0v) is 13.3. The first-order valence-corrected chi connectivity index (χ1v) is 8.79. The first-order valence-electron chi connectivity index (χ1n) is 8.79. The van der Waals surface area contributed by atoms with Gasteiger partial charge in [0.1, 0.15) is 0 Å². The maximum absolute atomic E-state index is 3.75. The normalized spacial score (nSPS) is 19.9. The fraction of sp³-hybridized carbons (Fsp3) is 1.00. The Morgan fingerprint density at radius 3 is 2.32 bits per heavy atom. The highest BCUT2D eigenvalue weighted by Crippen LogP contribution is 2.16. The fourth-order valence-corrected chi connectivity index (χ4v) is 3.06. The first-order chi connectivity index (χ1) is 9.33. The Hall–Kier alpha value is -0.0800. The van der Waals surface area contributed by atoms with Gasteiger partial charge in [-0.2, -0.15) is 0 Å². The molecule has 1 unspecified atom stereocenters. The van der Waals surface area contributed by atoms with Crippen LogP contribution in [0.3, 0.4) is 0 Å². The van der Waals surface area contributed by atoms with E-state index >= 15 is 0 Å². The summed E-state index contributed by atoms with van der Waals surface area (Å²) in [6.07, 6.45) is 15.4. The molecule has 1 rings (SSSR count). The zero-order valence-electron chi connectivity index (χ0n) is 13.3. The van der Waals surface area contributed by atoms with Gasteiger partial charge < -0.3 is 10.6 Å². The molecule has 0 aromatic rings. The van der Waals surface area contributed by atoms with E-state index in [-0.39, 0.29) is 0 Å². The van der Waals surface area contributed by atoms with Gasteiger partial charge in [0.15, 0.2) is 0 Å². The lowest BCUT2D eigenvalue weighted by atomic mass is 9.97. The molecule has 2 heteroatoms. The Morgan fingerprint density at radius 2 is 1.63 bits per heavy atom. The Labute approximate surface area is 121 Å². The van der Waals surface area contributed by atoms with Crippen LogP contribution < -0.4 is 10.6 Å². The molecule has 1 aliphatic rings. The quantitative estimate of drug-likeness (QED) is 0.611. The molecular formula is C17H36N2. The zero-order chi connectivity index (χ0) is 13.8. The van der Waals surface area contributed by atoms with E-state index in [2.05, 4.69) is 24.5 Å². The van der Waals surface area contributed by atoms with Crippen molar-refractivity contribution in [3.8, 4) is 0 Å². The van der Waals surface area contributed by atoms with Crippen molar-refractivity contribution >= 4 is 0 Å². The summed E-state index contributed by atoms with van der Waals surface area (Å²) in [6.45, 7) is 6.87. The summed E-state index contributed by atoms with van der Waals surface area (Å²) in [5, 5.41) is 7.40. The average molecular weight is 268 g/mol. The molecule has 114 valence electrons. The van der Waals surface area contributed by atoms with Crippen molar-refractivity contribution in [2.45, 2.75) is 96.6 Å². The molecule has 0 spiro atoms. The monoisotopic (exact) mass is 268 g/mol. The number of rotatable bonds is 9. The van der Waals surface area contributed by atoms with Crippen molar-refractivity contribution in [2.75, 3.05) is 13.1 Å².